The Morgan fingerprint density at radius 2 is 2.12 bits per heavy atom. The number of halogens is 1. The Morgan fingerprint density at radius 1 is 1.36 bits per heavy atom. The van der Waals surface area contributed by atoms with Gasteiger partial charge in [-0.2, -0.15) is 0 Å². The van der Waals surface area contributed by atoms with Gasteiger partial charge < -0.3 is 19.2 Å². The van der Waals surface area contributed by atoms with Crippen LogP contribution >= 0.6 is 11.6 Å². The van der Waals surface area contributed by atoms with Gasteiger partial charge in [-0.25, -0.2) is 0 Å². The molecule has 0 bridgehead atoms. The van der Waals surface area contributed by atoms with E-state index in [2.05, 4.69) is 5.32 Å². The first-order valence-electron chi connectivity index (χ1n) is 7.77. The molecular weight excluding hydrogens is 346 g/mol. The van der Waals surface area contributed by atoms with Crippen LogP contribution in [0.3, 0.4) is 0 Å². The molecule has 0 aliphatic carbocycles. The molecule has 1 N–H and O–H groups in total. The van der Waals surface area contributed by atoms with E-state index >= 15 is 0 Å². The SMILES string of the molecule is COc1cc(Cl)c(C)cc1NC(=O)[C@H](C)OC(=O)CCc1ccco1. The predicted molar refractivity (Wildman–Crippen MR) is 94.0 cm³/mol. The lowest BCUT2D eigenvalue weighted by Gasteiger charge is -2.16. The number of benzene rings is 1. The minimum Gasteiger partial charge on any atom is -0.495 e. The number of nitrogens with one attached hydrogen (secondary N) is 1. The highest BCUT2D eigenvalue weighted by Gasteiger charge is 2.20. The van der Waals surface area contributed by atoms with Crippen molar-refractivity contribution in [2.24, 2.45) is 0 Å². The highest BCUT2D eigenvalue weighted by Crippen LogP contribution is 2.31. The van der Waals surface area contributed by atoms with Crippen molar-refractivity contribution in [2.75, 3.05) is 12.4 Å². The van der Waals surface area contributed by atoms with Gasteiger partial charge in [0.25, 0.3) is 5.91 Å². The summed E-state index contributed by atoms with van der Waals surface area (Å²) in [6.45, 7) is 3.32. The van der Waals surface area contributed by atoms with E-state index in [0.717, 1.165) is 5.56 Å². The molecule has 1 aromatic heterocycles. The lowest BCUT2D eigenvalue weighted by atomic mass is 10.2. The Balaban J connectivity index is 1.91. The molecule has 2 rings (SSSR count). The van der Waals surface area contributed by atoms with Crippen molar-refractivity contribution in [3.63, 3.8) is 0 Å². The number of ether oxygens (including phenoxy) is 2. The zero-order valence-electron chi connectivity index (χ0n) is 14.3. The van der Waals surface area contributed by atoms with E-state index in [1.807, 2.05) is 6.92 Å². The van der Waals surface area contributed by atoms with Crippen LogP contribution in [-0.4, -0.2) is 25.1 Å². The predicted octanol–water partition coefficient (Wildman–Crippen LogP) is 3.75. The van der Waals surface area contributed by atoms with E-state index in [1.54, 1.807) is 24.3 Å². The van der Waals surface area contributed by atoms with Gasteiger partial charge in [0.1, 0.15) is 11.5 Å². The maximum Gasteiger partial charge on any atom is 0.307 e. The summed E-state index contributed by atoms with van der Waals surface area (Å²) >= 11 is 6.04. The summed E-state index contributed by atoms with van der Waals surface area (Å²) in [4.78, 5) is 24.1. The minimum atomic E-state index is -0.940. The van der Waals surface area contributed by atoms with Crippen molar-refractivity contribution < 1.29 is 23.5 Å². The first-order valence-corrected chi connectivity index (χ1v) is 8.15. The number of carbonyl (C=O) groups excluding carboxylic acids is 2. The molecule has 0 aliphatic rings. The maximum atomic E-state index is 12.2. The molecular formula is C18H20ClNO5. The summed E-state index contributed by atoms with van der Waals surface area (Å²) in [7, 11) is 1.48. The molecule has 7 heteroatoms. The molecule has 25 heavy (non-hydrogen) atoms. The fourth-order valence-electron chi connectivity index (χ4n) is 2.15. The summed E-state index contributed by atoms with van der Waals surface area (Å²) in [6, 6.07) is 6.84. The minimum absolute atomic E-state index is 0.133. The van der Waals surface area contributed by atoms with Crippen molar-refractivity contribution in [2.45, 2.75) is 32.8 Å². The summed E-state index contributed by atoms with van der Waals surface area (Å²) in [5.41, 5.74) is 1.26. The Morgan fingerprint density at radius 3 is 2.76 bits per heavy atom. The lowest BCUT2D eigenvalue weighted by Crippen LogP contribution is -2.30. The van der Waals surface area contributed by atoms with Crippen LogP contribution in [0, 0.1) is 6.92 Å². The molecule has 0 radical (unpaired) electrons. The molecule has 0 spiro atoms. The van der Waals surface area contributed by atoms with Gasteiger partial charge in [0, 0.05) is 17.5 Å². The second-order valence-corrected chi connectivity index (χ2v) is 5.91. The zero-order valence-corrected chi connectivity index (χ0v) is 15.1. The van der Waals surface area contributed by atoms with Crippen molar-refractivity contribution in [1.29, 1.82) is 0 Å². The molecule has 1 heterocycles. The van der Waals surface area contributed by atoms with Crippen LogP contribution in [0.4, 0.5) is 5.69 Å². The second kappa shape index (κ2) is 8.58. The average molecular weight is 366 g/mol. The van der Waals surface area contributed by atoms with Crippen LogP contribution in [0.1, 0.15) is 24.7 Å². The van der Waals surface area contributed by atoms with Crippen LogP contribution in [0.15, 0.2) is 34.9 Å². The van der Waals surface area contributed by atoms with E-state index in [0.29, 0.717) is 28.6 Å². The normalized spacial score (nSPS) is 11.7. The van der Waals surface area contributed by atoms with E-state index in [-0.39, 0.29) is 6.42 Å². The van der Waals surface area contributed by atoms with E-state index in [4.69, 9.17) is 25.5 Å². The first kappa shape index (κ1) is 18.9. The van der Waals surface area contributed by atoms with Crippen molar-refractivity contribution in [1.82, 2.24) is 0 Å². The van der Waals surface area contributed by atoms with Gasteiger partial charge in [-0.05, 0) is 37.6 Å². The monoisotopic (exact) mass is 365 g/mol. The number of hydrogen-bond acceptors (Lipinski definition) is 5. The highest BCUT2D eigenvalue weighted by atomic mass is 35.5. The third kappa shape index (κ3) is 5.26. The summed E-state index contributed by atoms with van der Waals surface area (Å²) in [5, 5.41) is 3.22. The number of furan rings is 1. The van der Waals surface area contributed by atoms with Crippen LogP contribution in [0.2, 0.25) is 5.02 Å². The highest BCUT2D eigenvalue weighted by molar-refractivity contribution is 6.31. The van der Waals surface area contributed by atoms with Gasteiger partial charge in [0.15, 0.2) is 6.10 Å². The van der Waals surface area contributed by atoms with Crippen LogP contribution < -0.4 is 10.1 Å². The maximum absolute atomic E-state index is 12.2. The van der Waals surface area contributed by atoms with Crippen LogP contribution in [0.25, 0.3) is 0 Å². The fraction of sp³-hybridized carbons (Fsp3) is 0.333. The van der Waals surface area contributed by atoms with Crippen molar-refractivity contribution in [3.05, 3.63) is 46.9 Å². The molecule has 134 valence electrons. The van der Waals surface area contributed by atoms with Crippen LogP contribution in [0.5, 0.6) is 5.75 Å². The largest absolute Gasteiger partial charge is 0.495 e. The molecule has 1 amide bonds. The topological polar surface area (TPSA) is 77.8 Å². The van der Waals surface area contributed by atoms with Crippen molar-refractivity contribution >= 4 is 29.2 Å². The van der Waals surface area contributed by atoms with E-state index in [1.165, 1.54) is 20.3 Å². The van der Waals surface area contributed by atoms with Gasteiger partial charge in [-0.15, -0.1) is 0 Å². The molecule has 0 saturated heterocycles. The third-order valence-corrected chi connectivity index (χ3v) is 3.98. The smallest absolute Gasteiger partial charge is 0.307 e. The van der Waals surface area contributed by atoms with Gasteiger partial charge >= 0.3 is 5.97 Å². The molecule has 2 aromatic rings. The average Bonchev–Trinajstić information content (AvgIpc) is 3.09. The Kier molecular flexibility index (Phi) is 6.47. The van der Waals surface area contributed by atoms with Gasteiger partial charge in [0.2, 0.25) is 0 Å². The molecule has 0 fully saturated rings. The first-order chi connectivity index (χ1) is 11.9. The van der Waals surface area contributed by atoms with Gasteiger partial charge in [-0.1, -0.05) is 11.6 Å². The van der Waals surface area contributed by atoms with Crippen molar-refractivity contribution in [3.8, 4) is 5.75 Å². The Bertz CT molecular complexity index is 742. The van der Waals surface area contributed by atoms with Gasteiger partial charge in [-0.3, -0.25) is 9.59 Å². The van der Waals surface area contributed by atoms with Gasteiger partial charge in [0.05, 0.1) is 25.5 Å². The molecule has 0 aliphatic heterocycles. The molecule has 0 saturated carbocycles. The fourth-order valence-corrected chi connectivity index (χ4v) is 2.31. The van der Waals surface area contributed by atoms with Crippen LogP contribution in [-0.2, 0) is 20.7 Å². The summed E-state index contributed by atoms with van der Waals surface area (Å²) in [5.74, 6) is 0.195. The summed E-state index contributed by atoms with van der Waals surface area (Å²) in [6.07, 6.45) is 1.15. The number of esters is 1. The summed E-state index contributed by atoms with van der Waals surface area (Å²) < 4.78 is 15.5. The zero-order chi connectivity index (χ0) is 18.4. The number of carbonyl (C=O) groups is 2. The molecule has 6 nitrogen and oxygen atoms in total. The molecule has 0 unspecified atom stereocenters. The number of rotatable bonds is 7. The molecule has 1 atom stereocenters. The number of anilines is 1. The standard InChI is InChI=1S/C18H20ClNO5/c1-11-9-15(16(23-3)10-14(11)19)20-18(22)12(2)25-17(21)7-6-13-5-4-8-24-13/h4-5,8-10,12H,6-7H2,1-3H3,(H,20,22)/t12-/m0/s1. The number of aryl methyl sites for hydroxylation is 2. The number of amides is 1. The molecule has 1 aromatic carbocycles. The lowest BCUT2D eigenvalue weighted by molar-refractivity contribution is -0.153. The Hall–Kier alpha value is -2.47. The quantitative estimate of drug-likeness (QED) is 0.756. The second-order valence-electron chi connectivity index (χ2n) is 5.50. The number of hydrogen-bond donors (Lipinski definition) is 1. The Labute approximate surface area is 151 Å². The van der Waals surface area contributed by atoms with E-state index in [9.17, 15) is 9.59 Å². The number of methoxy groups -OCH3 is 1. The third-order valence-electron chi connectivity index (χ3n) is 3.57. The van der Waals surface area contributed by atoms with E-state index < -0.39 is 18.0 Å².